The number of carbonyl (C=O) groups is 2. The summed E-state index contributed by atoms with van der Waals surface area (Å²) in [6, 6.07) is 22.3. The standard InChI is InChI=1S/C31H36IN3O4S/c1-3-29(31(37)33-26-9-7-8-10-26)34(21-24-15-13-23(2)14-16-24)30(36)22-35(27-19-17-25(32)18-20-27)40(38,39)28-11-5-4-6-12-28/h4-6,11-20,26,29H,3,7-10,21-22H2,1-2H3,(H,33,37)/t29-/m1/s1. The first-order valence-corrected chi connectivity index (χ1v) is 16.2. The van der Waals surface area contributed by atoms with Crippen LogP contribution in [0.25, 0.3) is 0 Å². The van der Waals surface area contributed by atoms with Crippen molar-refractivity contribution in [3.8, 4) is 0 Å². The zero-order valence-corrected chi connectivity index (χ0v) is 25.9. The lowest BCUT2D eigenvalue weighted by Gasteiger charge is -2.33. The average Bonchev–Trinajstić information content (AvgIpc) is 3.46. The van der Waals surface area contributed by atoms with Crippen LogP contribution in [-0.2, 0) is 26.2 Å². The zero-order chi connectivity index (χ0) is 28.7. The fourth-order valence-corrected chi connectivity index (χ4v) is 6.83. The predicted molar refractivity (Wildman–Crippen MR) is 166 cm³/mol. The molecule has 212 valence electrons. The van der Waals surface area contributed by atoms with Gasteiger partial charge in [0.05, 0.1) is 10.6 Å². The van der Waals surface area contributed by atoms with Crippen molar-refractivity contribution in [3.63, 3.8) is 0 Å². The molecule has 3 aromatic rings. The van der Waals surface area contributed by atoms with E-state index in [0.29, 0.717) is 12.1 Å². The molecule has 1 saturated carbocycles. The molecule has 1 N–H and O–H groups in total. The highest BCUT2D eigenvalue weighted by molar-refractivity contribution is 14.1. The number of nitrogens with zero attached hydrogens (tertiary/aromatic N) is 2. The summed E-state index contributed by atoms with van der Waals surface area (Å²) >= 11 is 2.16. The molecule has 4 rings (SSSR count). The summed E-state index contributed by atoms with van der Waals surface area (Å²) in [6.07, 6.45) is 4.44. The van der Waals surface area contributed by atoms with Gasteiger partial charge in [-0.15, -0.1) is 0 Å². The van der Waals surface area contributed by atoms with E-state index >= 15 is 0 Å². The second kappa shape index (κ2) is 13.6. The molecule has 0 heterocycles. The molecular formula is C31H36IN3O4S. The normalized spacial score (nSPS) is 14.5. The van der Waals surface area contributed by atoms with Crippen molar-refractivity contribution >= 4 is 50.1 Å². The van der Waals surface area contributed by atoms with Crippen LogP contribution in [0, 0.1) is 10.5 Å². The highest BCUT2D eigenvalue weighted by Crippen LogP contribution is 2.26. The summed E-state index contributed by atoms with van der Waals surface area (Å²) in [7, 11) is -4.06. The Morgan fingerprint density at radius 2 is 1.57 bits per heavy atom. The SMILES string of the molecule is CC[C@H](C(=O)NC1CCCC1)N(Cc1ccc(C)cc1)C(=O)CN(c1ccc(I)cc1)S(=O)(=O)c1ccccc1. The number of amides is 2. The Morgan fingerprint density at radius 1 is 0.950 bits per heavy atom. The van der Waals surface area contributed by atoms with Crippen LogP contribution in [0.15, 0.2) is 83.8 Å². The lowest BCUT2D eigenvalue weighted by atomic mass is 10.1. The minimum atomic E-state index is -4.06. The Kier molecular flexibility index (Phi) is 10.2. The smallest absolute Gasteiger partial charge is 0.264 e. The zero-order valence-electron chi connectivity index (χ0n) is 22.9. The molecule has 1 fully saturated rings. The van der Waals surface area contributed by atoms with Gasteiger partial charge < -0.3 is 10.2 Å². The van der Waals surface area contributed by atoms with Gasteiger partial charge in [0.2, 0.25) is 11.8 Å². The Morgan fingerprint density at radius 3 is 2.17 bits per heavy atom. The average molecular weight is 674 g/mol. The number of benzene rings is 3. The highest BCUT2D eigenvalue weighted by Gasteiger charge is 2.34. The predicted octanol–water partition coefficient (Wildman–Crippen LogP) is 5.66. The molecule has 0 bridgehead atoms. The highest BCUT2D eigenvalue weighted by atomic mass is 127. The lowest BCUT2D eigenvalue weighted by Crippen LogP contribution is -2.53. The molecule has 3 aromatic carbocycles. The van der Waals surface area contributed by atoms with E-state index in [2.05, 4.69) is 27.9 Å². The number of nitrogens with one attached hydrogen (secondary N) is 1. The van der Waals surface area contributed by atoms with Crippen LogP contribution in [0.4, 0.5) is 5.69 Å². The summed E-state index contributed by atoms with van der Waals surface area (Å²) < 4.78 is 29.8. The van der Waals surface area contributed by atoms with Crippen molar-refractivity contribution in [2.24, 2.45) is 0 Å². The summed E-state index contributed by atoms with van der Waals surface area (Å²) in [4.78, 5) is 29.2. The van der Waals surface area contributed by atoms with E-state index in [1.165, 1.54) is 17.0 Å². The number of carbonyl (C=O) groups excluding carboxylic acids is 2. The molecule has 1 aliphatic rings. The number of sulfonamides is 1. The van der Waals surface area contributed by atoms with E-state index in [0.717, 1.165) is 44.7 Å². The fraction of sp³-hybridized carbons (Fsp3) is 0.355. The van der Waals surface area contributed by atoms with E-state index in [-0.39, 0.29) is 23.4 Å². The molecule has 0 aliphatic heterocycles. The molecule has 0 saturated heterocycles. The van der Waals surface area contributed by atoms with Crippen LogP contribution >= 0.6 is 22.6 Å². The van der Waals surface area contributed by atoms with Gasteiger partial charge in [0.1, 0.15) is 12.6 Å². The summed E-state index contributed by atoms with van der Waals surface area (Å²) in [5, 5.41) is 3.14. The third-order valence-electron chi connectivity index (χ3n) is 7.29. The molecule has 0 aromatic heterocycles. The van der Waals surface area contributed by atoms with Crippen molar-refractivity contribution in [1.82, 2.24) is 10.2 Å². The van der Waals surface area contributed by atoms with Gasteiger partial charge in [-0.05, 0) is 90.7 Å². The van der Waals surface area contributed by atoms with Gasteiger partial charge in [-0.2, -0.15) is 0 Å². The van der Waals surface area contributed by atoms with E-state index in [1.54, 1.807) is 30.3 Å². The van der Waals surface area contributed by atoms with Gasteiger partial charge in [0, 0.05) is 16.2 Å². The summed E-state index contributed by atoms with van der Waals surface area (Å²) in [5.41, 5.74) is 2.35. The molecule has 7 nitrogen and oxygen atoms in total. The van der Waals surface area contributed by atoms with Crippen LogP contribution in [-0.4, -0.2) is 43.8 Å². The number of aryl methyl sites for hydroxylation is 1. The van der Waals surface area contributed by atoms with Crippen molar-refractivity contribution in [2.75, 3.05) is 10.8 Å². The van der Waals surface area contributed by atoms with Crippen LogP contribution in [0.5, 0.6) is 0 Å². The third-order valence-corrected chi connectivity index (χ3v) is 9.79. The quantitative estimate of drug-likeness (QED) is 0.266. The van der Waals surface area contributed by atoms with Crippen LogP contribution in [0.2, 0.25) is 0 Å². The maximum Gasteiger partial charge on any atom is 0.264 e. The van der Waals surface area contributed by atoms with Gasteiger partial charge in [-0.3, -0.25) is 13.9 Å². The second-order valence-electron chi connectivity index (χ2n) is 10.2. The van der Waals surface area contributed by atoms with Gasteiger partial charge in [0.15, 0.2) is 0 Å². The number of hydrogen-bond donors (Lipinski definition) is 1. The number of anilines is 1. The number of rotatable bonds is 11. The van der Waals surface area contributed by atoms with Crippen molar-refractivity contribution in [3.05, 3.63) is 93.6 Å². The third kappa shape index (κ3) is 7.42. The minimum absolute atomic E-state index is 0.0949. The van der Waals surface area contributed by atoms with Gasteiger partial charge in [-0.1, -0.05) is 67.8 Å². The van der Waals surface area contributed by atoms with Crippen molar-refractivity contribution < 1.29 is 18.0 Å². The first-order chi connectivity index (χ1) is 19.2. The van der Waals surface area contributed by atoms with E-state index < -0.39 is 28.5 Å². The van der Waals surface area contributed by atoms with Crippen LogP contribution < -0.4 is 9.62 Å². The van der Waals surface area contributed by atoms with Crippen LogP contribution in [0.3, 0.4) is 0 Å². The van der Waals surface area contributed by atoms with Crippen molar-refractivity contribution in [2.45, 2.75) is 69.5 Å². The molecule has 1 atom stereocenters. The molecule has 40 heavy (non-hydrogen) atoms. The monoisotopic (exact) mass is 673 g/mol. The number of halogens is 1. The largest absolute Gasteiger partial charge is 0.352 e. The second-order valence-corrected chi connectivity index (χ2v) is 13.3. The summed E-state index contributed by atoms with van der Waals surface area (Å²) in [5.74, 6) is -0.631. The Balaban J connectivity index is 1.69. The molecule has 1 aliphatic carbocycles. The Hall–Kier alpha value is -2.92. The van der Waals surface area contributed by atoms with Gasteiger partial charge >= 0.3 is 0 Å². The molecule has 0 radical (unpaired) electrons. The first kappa shape index (κ1) is 30.0. The molecule has 9 heteroatoms. The maximum atomic E-state index is 14.1. The van der Waals surface area contributed by atoms with E-state index in [9.17, 15) is 18.0 Å². The maximum absolute atomic E-state index is 14.1. The van der Waals surface area contributed by atoms with E-state index in [4.69, 9.17) is 0 Å². The van der Waals surface area contributed by atoms with Gasteiger partial charge in [-0.25, -0.2) is 8.42 Å². The Labute approximate surface area is 251 Å². The Bertz CT molecular complexity index is 1390. The van der Waals surface area contributed by atoms with Crippen molar-refractivity contribution in [1.29, 1.82) is 0 Å². The fourth-order valence-electron chi connectivity index (χ4n) is 5.03. The molecule has 0 unspecified atom stereocenters. The lowest BCUT2D eigenvalue weighted by molar-refractivity contribution is -0.140. The molecule has 0 spiro atoms. The first-order valence-electron chi connectivity index (χ1n) is 13.7. The molecule has 2 amide bonds. The number of hydrogen-bond acceptors (Lipinski definition) is 4. The molecular weight excluding hydrogens is 637 g/mol. The van der Waals surface area contributed by atoms with Gasteiger partial charge in [0.25, 0.3) is 10.0 Å². The summed E-state index contributed by atoms with van der Waals surface area (Å²) in [6.45, 7) is 3.63. The van der Waals surface area contributed by atoms with E-state index in [1.807, 2.05) is 50.2 Å². The minimum Gasteiger partial charge on any atom is -0.352 e. The topological polar surface area (TPSA) is 86.8 Å². The van der Waals surface area contributed by atoms with Crippen LogP contribution in [0.1, 0.15) is 50.2 Å².